The second-order valence-electron chi connectivity index (χ2n) is 12.5. The number of benzene rings is 2. The molecule has 2 fully saturated rings. The summed E-state index contributed by atoms with van der Waals surface area (Å²) in [6, 6.07) is 7.36. The molecule has 2 unspecified atom stereocenters. The first-order chi connectivity index (χ1) is 24.6. The average Bonchev–Trinajstić information content (AvgIpc) is 3.58. The Morgan fingerprint density at radius 3 is 2.35 bits per heavy atom. The summed E-state index contributed by atoms with van der Waals surface area (Å²) in [5.41, 5.74) is -4.68. The summed E-state index contributed by atoms with van der Waals surface area (Å²) in [4.78, 5) is 46.1. The molecule has 0 aliphatic carbocycles. The van der Waals surface area contributed by atoms with Crippen LogP contribution in [0.3, 0.4) is 0 Å². The average molecular weight is 740 g/mol. The summed E-state index contributed by atoms with van der Waals surface area (Å²) in [7, 11) is 0. The molecule has 1 aromatic heterocycles. The summed E-state index contributed by atoms with van der Waals surface area (Å²) in [5.74, 6) is -3.34. The van der Waals surface area contributed by atoms with Gasteiger partial charge in [0.15, 0.2) is 0 Å². The van der Waals surface area contributed by atoms with Gasteiger partial charge in [0.1, 0.15) is 30.5 Å². The van der Waals surface area contributed by atoms with Gasteiger partial charge in [-0.25, -0.2) is 4.39 Å². The molecule has 52 heavy (non-hydrogen) atoms. The fraction of sp³-hybridized carbons (Fsp3) is 0.444. The Kier molecular flexibility index (Phi) is 11.3. The zero-order valence-corrected chi connectivity index (χ0v) is 28.2. The first-order valence-electron chi connectivity index (χ1n) is 16.6. The van der Waals surface area contributed by atoms with Crippen LogP contribution >= 0.6 is 0 Å². The van der Waals surface area contributed by atoms with E-state index in [0.717, 1.165) is 41.6 Å². The van der Waals surface area contributed by atoms with Gasteiger partial charge >= 0.3 is 18.3 Å². The predicted octanol–water partition coefficient (Wildman–Crippen LogP) is 7.05. The molecule has 3 aromatic rings. The third-order valence-electron chi connectivity index (χ3n) is 9.25. The standard InChI is InChI=1S/C36H36F7N3O6/c1-3-30-34(52-25-10-8-24(9-11-25)35(38,39)40,14-5-16-46(30)32(48)26-20-44-15-12-27(26)36(41,42)43)33(49)45-17-13-23(21-45)31-28(37)6-4-7-29(31)51-19-18-50-22(2)47/h4,6-12,15,20,23,30H,3,5,13-14,16-19,21H2,1-2H3/t23?,30?,34-/m0/s1. The van der Waals surface area contributed by atoms with Crippen molar-refractivity contribution in [2.75, 3.05) is 32.8 Å². The number of halogens is 7. The first kappa shape index (κ1) is 38.3. The molecule has 0 radical (unpaired) electrons. The van der Waals surface area contributed by atoms with Gasteiger partial charge in [-0.1, -0.05) is 13.0 Å². The number of pyridine rings is 1. The van der Waals surface area contributed by atoms with E-state index < -0.39 is 70.2 Å². The van der Waals surface area contributed by atoms with Crippen molar-refractivity contribution in [2.45, 2.75) is 69.4 Å². The van der Waals surface area contributed by atoms with Crippen molar-refractivity contribution in [3.63, 3.8) is 0 Å². The van der Waals surface area contributed by atoms with E-state index in [0.29, 0.717) is 6.07 Å². The molecular weight excluding hydrogens is 703 g/mol. The van der Waals surface area contributed by atoms with Crippen molar-refractivity contribution in [2.24, 2.45) is 0 Å². The number of rotatable bonds is 10. The summed E-state index contributed by atoms with van der Waals surface area (Å²) in [6.45, 7) is 2.72. The first-order valence-corrected chi connectivity index (χ1v) is 16.6. The fourth-order valence-corrected chi connectivity index (χ4v) is 7.00. The molecule has 9 nitrogen and oxygen atoms in total. The fourth-order valence-electron chi connectivity index (χ4n) is 7.00. The van der Waals surface area contributed by atoms with Crippen LogP contribution in [-0.2, 0) is 26.7 Å². The van der Waals surface area contributed by atoms with Crippen LogP contribution in [0.25, 0.3) is 0 Å². The van der Waals surface area contributed by atoms with E-state index in [2.05, 4.69) is 4.98 Å². The largest absolute Gasteiger partial charge is 0.490 e. The molecule has 2 aliphatic heterocycles. The monoisotopic (exact) mass is 739 g/mol. The van der Waals surface area contributed by atoms with E-state index in [9.17, 15) is 40.7 Å². The lowest BCUT2D eigenvalue weighted by Gasteiger charge is -2.49. The molecule has 0 N–H and O–H groups in total. The van der Waals surface area contributed by atoms with Crippen molar-refractivity contribution in [3.05, 3.63) is 89.0 Å². The topological polar surface area (TPSA) is 98.3 Å². The summed E-state index contributed by atoms with van der Waals surface area (Å²) < 4.78 is 114. The van der Waals surface area contributed by atoms with E-state index in [-0.39, 0.29) is 75.6 Å². The lowest BCUT2D eigenvalue weighted by molar-refractivity contribution is -0.158. The molecule has 3 atom stereocenters. The van der Waals surface area contributed by atoms with Crippen LogP contribution in [0.2, 0.25) is 0 Å². The maximum atomic E-state index is 15.3. The van der Waals surface area contributed by atoms with Crippen LogP contribution in [0.4, 0.5) is 30.7 Å². The van der Waals surface area contributed by atoms with Crippen molar-refractivity contribution in [3.8, 4) is 11.5 Å². The highest BCUT2D eigenvalue weighted by molar-refractivity contribution is 5.97. The lowest BCUT2D eigenvalue weighted by Crippen LogP contribution is -2.67. The number of hydrogen-bond donors (Lipinski definition) is 0. The van der Waals surface area contributed by atoms with Crippen molar-refractivity contribution >= 4 is 17.8 Å². The van der Waals surface area contributed by atoms with E-state index >= 15 is 4.39 Å². The Hall–Kier alpha value is -4.89. The number of esters is 1. The van der Waals surface area contributed by atoms with Crippen LogP contribution in [-0.4, -0.2) is 77.1 Å². The number of carbonyl (C=O) groups excluding carboxylic acids is 3. The highest BCUT2D eigenvalue weighted by Crippen LogP contribution is 2.42. The lowest BCUT2D eigenvalue weighted by atomic mass is 9.80. The Morgan fingerprint density at radius 2 is 1.69 bits per heavy atom. The SMILES string of the molecule is CCC1N(C(=O)c2cnccc2C(F)(F)F)CCC[C@@]1(Oc1ccc(C(F)(F)F)cc1)C(=O)N1CCC(c2c(F)cccc2OCCOC(C)=O)C1. The van der Waals surface area contributed by atoms with Crippen molar-refractivity contribution in [1.29, 1.82) is 0 Å². The number of piperidine rings is 1. The minimum absolute atomic E-state index is 0.0185. The van der Waals surface area contributed by atoms with Crippen LogP contribution in [0.1, 0.15) is 72.5 Å². The van der Waals surface area contributed by atoms with Gasteiger partial charge in [0.25, 0.3) is 11.8 Å². The highest BCUT2D eigenvalue weighted by atomic mass is 19.4. The molecule has 0 saturated carbocycles. The zero-order valence-electron chi connectivity index (χ0n) is 28.2. The van der Waals surface area contributed by atoms with Gasteiger partial charge in [-0.15, -0.1) is 0 Å². The van der Waals surface area contributed by atoms with Gasteiger partial charge in [-0.2, -0.15) is 26.3 Å². The van der Waals surface area contributed by atoms with Crippen molar-refractivity contribution in [1.82, 2.24) is 14.8 Å². The van der Waals surface area contributed by atoms with Gasteiger partial charge in [0.05, 0.1) is 22.7 Å². The van der Waals surface area contributed by atoms with Crippen LogP contribution in [0.15, 0.2) is 60.9 Å². The molecule has 3 heterocycles. The van der Waals surface area contributed by atoms with Crippen LogP contribution in [0, 0.1) is 5.82 Å². The number of nitrogens with zero attached hydrogens (tertiary/aromatic N) is 3. The molecule has 280 valence electrons. The van der Waals surface area contributed by atoms with Gasteiger partial charge in [-0.3, -0.25) is 19.4 Å². The van der Waals surface area contributed by atoms with Gasteiger partial charge in [0.2, 0.25) is 5.60 Å². The minimum atomic E-state index is -4.89. The number of aromatic nitrogens is 1. The van der Waals surface area contributed by atoms with Crippen LogP contribution < -0.4 is 9.47 Å². The number of hydrogen-bond acceptors (Lipinski definition) is 7. The Bertz CT molecular complexity index is 1770. The Morgan fingerprint density at radius 1 is 0.962 bits per heavy atom. The molecule has 16 heteroatoms. The highest BCUT2D eigenvalue weighted by Gasteiger charge is 2.56. The third kappa shape index (κ3) is 8.10. The molecular formula is C36H36F7N3O6. The number of alkyl halides is 6. The van der Waals surface area contributed by atoms with E-state index in [1.165, 1.54) is 30.0 Å². The second-order valence-corrected chi connectivity index (χ2v) is 12.5. The maximum absolute atomic E-state index is 15.3. The van der Waals surface area contributed by atoms with Gasteiger partial charge in [-0.05, 0) is 61.7 Å². The third-order valence-corrected chi connectivity index (χ3v) is 9.25. The molecule has 5 rings (SSSR count). The number of ether oxygens (including phenoxy) is 3. The number of likely N-dealkylation sites (tertiary alicyclic amines) is 2. The second kappa shape index (κ2) is 15.4. The normalized spacial score (nSPS) is 20.8. The van der Waals surface area contributed by atoms with Crippen LogP contribution in [0.5, 0.6) is 11.5 Å². The smallest absolute Gasteiger partial charge is 0.417 e. The number of carbonyl (C=O) groups is 3. The molecule has 2 aliphatic rings. The minimum Gasteiger partial charge on any atom is -0.490 e. The number of amides is 2. The van der Waals surface area contributed by atoms with Gasteiger partial charge in [0, 0.05) is 56.9 Å². The summed E-state index contributed by atoms with van der Waals surface area (Å²) >= 11 is 0. The van der Waals surface area contributed by atoms with E-state index in [1.54, 1.807) is 6.92 Å². The molecule has 0 spiro atoms. The maximum Gasteiger partial charge on any atom is 0.417 e. The predicted molar refractivity (Wildman–Crippen MR) is 171 cm³/mol. The summed E-state index contributed by atoms with van der Waals surface area (Å²) in [5, 5.41) is 0. The zero-order chi connectivity index (χ0) is 37.8. The molecule has 2 amide bonds. The van der Waals surface area contributed by atoms with Crippen molar-refractivity contribution < 1.29 is 59.3 Å². The Labute approximate surface area is 294 Å². The van der Waals surface area contributed by atoms with E-state index in [1.807, 2.05) is 0 Å². The molecule has 2 aromatic carbocycles. The molecule has 0 bridgehead atoms. The van der Waals surface area contributed by atoms with Gasteiger partial charge < -0.3 is 24.0 Å². The van der Waals surface area contributed by atoms with E-state index in [4.69, 9.17) is 14.2 Å². The summed E-state index contributed by atoms with van der Waals surface area (Å²) in [6.07, 6.45) is -7.48. The Balaban J connectivity index is 1.50. The molecule has 2 saturated heterocycles. The quantitative estimate of drug-likeness (QED) is 0.125.